The van der Waals surface area contributed by atoms with Crippen LogP contribution in [0.2, 0.25) is 0 Å². The van der Waals surface area contributed by atoms with Crippen molar-refractivity contribution in [2.24, 2.45) is 5.92 Å². The predicted octanol–water partition coefficient (Wildman–Crippen LogP) is 4.32. The number of fused-ring (bicyclic) bond motifs is 2. The second-order valence-electron chi connectivity index (χ2n) is 10.8. The third-order valence-electron chi connectivity index (χ3n) is 8.03. The first-order valence-corrected chi connectivity index (χ1v) is 14.4. The summed E-state index contributed by atoms with van der Waals surface area (Å²) < 4.78 is 16.9. The zero-order chi connectivity index (χ0) is 29.2. The van der Waals surface area contributed by atoms with Crippen LogP contribution in [0, 0.1) is 11.7 Å². The largest absolute Gasteiger partial charge is 0.390 e. The predicted molar refractivity (Wildman–Crippen MR) is 161 cm³/mol. The molecule has 3 atom stereocenters. The lowest BCUT2D eigenvalue weighted by atomic mass is 9.96. The number of nitrogens with zero attached hydrogens (tertiary/aromatic N) is 5. The number of hydrogen-bond donors (Lipinski definition) is 4. The Hall–Kier alpha value is -4.51. The number of aliphatic hydroxyl groups excluding tert-OH is 1. The van der Waals surface area contributed by atoms with Crippen molar-refractivity contribution in [2.45, 2.75) is 44.9 Å². The number of piperidine rings is 1. The fourth-order valence-corrected chi connectivity index (χ4v) is 5.98. The molecule has 1 aliphatic heterocycles. The highest BCUT2D eigenvalue weighted by Crippen LogP contribution is 2.37. The van der Waals surface area contributed by atoms with E-state index in [2.05, 4.69) is 37.5 Å². The van der Waals surface area contributed by atoms with E-state index in [0.29, 0.717) is 37.3 Å². The number of hydrogen-bond acceptors (Lipinski definition) is 8. The molecule has 2 aliphatic rings. The topological polar surface area (TPSA) is 120 Å². The summed E-state index contributed by atoms with van der Waals surface area (Å²) in [5, 5.41) is 25.4. The maximum atomic E-state index is 15.1. The van der Waals surface area contributed by atoms with Gasteiger partial charge in [0.15, 0.2) is 5.82 Å². The van der Waals surface area contributed by atoms with E-state index in [1.54, 1.807) is 29.2 Å². The van der Waals surface area contributed by atoms with Crippen molar-refractivity contribution in [3.63, 3.8) is 0 Å². The fourth-order valence-electron chi connectivity index (χ4n) is 5.98. The molecule has 4 N–H and O–H groups in total. The lowest BCUT2D eigenvalue weighted by Gasteiger charge is -2.35. The van der Waals surface area contributed by atoms with Gasteiger partial charge in [0.25, 0.3) is 0 Å². The maximum Gasteiger partial charge on any atom is 0.229 e. The molecule has 218 valence electrons. The van der Waals surface area contributed by atoms with E-state index in [-0.39, 0.29) is 29.5 Å². The minimum Gasteiger partial charge on any atom is -0.390 e. The number of carbonyl (C=O) groups is 1. The highest BCUT2D eigenvalue weighted by Gasteiger charge is 2.33. The highest BCUT2D eigenvalue weighted by molar-refractivity contribution is 5.84. The number of rotatable bonds is 9. The van der Waals surface area contributed by atoms with E-state index in [4.69, 9.17) is 4.98 Å². The summed E-state index contributed by atoms with van der Waals surface area (Å²) >= 11 is 0. The minimum atomic E-state index is -0.643. The van der Waals surface area contributed by atoms with Gasteiger partial charge in [-0.3, -0.25) is 9.48 Å². The second kappa shape index (κ2) is 11.8. The summed E-state index contributed by atoms with van der Waals surface area (Å²) in [6, 6.07) is 10.7. The van der Waals surface area contributed by atoms with Gasteiger partial charge in [-0.25, -0.2) is 9.37 Å². The van der Waals surface area contributed by atoms with Crippen molar-refractivity contribution in [3.8, 4) is 0 Å². The molecule has 11 heteroatoms. The van der Waals surface area contributed by atoms with Crippen LogP contribution < -0.4 is 20.9 Å². The molecule has 4 aromatic rings. The van der Waals surface area contributed by atoms with Crippen LogP contribution in [0.1, 0.15) is 36.9 Å². The van der Waals surface area contributed by atoms with Gasteiger partial charge in [-0.15, -0.1) is 6.58 Å². The number of aliphatic hydroxyl groups is 1. The van der Waals surface area contributed by atoms with Crippen LogP contribution in [-0.2, 0) is 17.8 Å². The van der Waals surface area contributed by atoms with E-state index < -0.39 is 11.9 Å². The van der Waals surface area contributed by atoms with Crippen molar-refractivity contribution < 1.29 is 14.3 Å². The maximum absolute atomic E-state index is 15.1. The van der Waals surface area contributed by atoms with Crippen LogP contribution in [0.5, 0.6) is 0 Å². The Morgan fingerprint density at radius 2 is 2.12 bits per heavy atom. The molecule has 2 aromatic carbocycles. The molecule has 1 amide bonds. The van der Waals surface area contributed by atoms with E-state index in [1.807, 2.05) is 31.2 Å². The average Bonchev–Trinajstić information content (AvgIpc) is 3.53. The molecule has 0 bridgehead atoms. The van der Waals surface area contributed by atoms with Crippen LogP contribution in [0.3, 0.4) is 0 Å². The Bertz CT molecular complexity index is 1620. The molecule has 0 radical (unpaired) electrons. The number of aromatic nitrogens is 4. The standard InChI is InChI=1S/C31H35FN8O2/c1-3-11-40-25-15-24(23(32)13-21(25)16-35-40)36-31-34-17-26(39-12-7-9-20(18-39)30(42)33-4-2)29(38-31)37-28-22-10-6-5-8-19(22)14-27(28)41/h3,5-6,8,10,13,15-17,20,27-28,41H,1,4,7,9,11-12,14,18H2,2H3,(H,33,42)(H2,34,36,37,38)/t20-,27+,28-/m0/s1. The number of benzene rings is 2. The Labute approximate surface area is 243 Å². The van der Waals surface area contributed by atoms with Gasteiger partial charge in [0, 0.05) is 31.4 Å². The number of allylic oxidation sites excluding steroid dienone is 1. The molecule has 1 aliphatic carbocycles. The molecular formula is C31H35FN8O2. The van der Waals surface area contributed by atoms with E-state index in [0.717, 1.165) is 41.7 Å². The number of amides is 1. The summed E-state index contributed by atoms with van der Waals surface area (Å²) in [5.41, 5.74) is 3.79. The molecule has 3 heterocycles. The van der Waals surface area contributed by atoms with Gasteiger partial charge in [-0.1, -0.05) is 30.3 Å². The van der Waals surface area contributed by atoms with Crippen LogP contribution >= 0.6 is 0 Å². The molecule has 0 spiro atoms. The Morgan fingerprint density at radius 1 is 1.26 bits per heavy atom. The van der Waals surface area contributed by atoms with Crippen LogP contribution in [-0.4, -0.2) is 56.5 Å². The first-order valence-electron chi connectivity index (χ1n) is 14.4. The third kappa shape index (κ3) is 5.39. The Kier molecular flexibility index (Phi) is 7.75. The minimum absolute atomic E-state index is 0.0395. The molecule has 1 saturated heterocycles. The highest BCUT2D eigenvalue weighted by atomic mass is 19.1. The van der Waals surface area contributed by atoms with Gasteiger partial charge in [-0.05, 0) is 43.0 Å². The number of halogens is 1. The van der Waals surface area contributed by atoms with E-state index in [9.17, 15) is 9.90 Å². The van der Waals surface area contributed by atoms with Gasteiger partial charge < -0.3 is 26.0 Å². The number of carbonyl (C=O) groups excluding carboxylic acids is 1. The first-order chi connectivity index (χ1) is 20.4. The fraction of sp³-hybridized carbons (Fsp3) is 0.355. The number of anilines is 4. The SMILES string of the molecule is C=CCn1ncc2cc(F)c(Nc3ncc(N4CCC[C@H](C(=O)NCC)C4)c(N[C@H]4c5ccccc5C[C@H]4O)n3)cc21. The molecular weight excluding hydrogens is 535 g/mol. The van der Waals surface area contributed by atoms with Crippen molar-refractivity contribution in [2.75, 3.05) is 35.2 Å². The summed E-state index contributed by atoms with van der Waals surface area (Å²) in [5.74, 6) is 0.139. The average molecular weight is 571 g/mol. The monoisotopic (exact) mass is 570 g/mol. The normalized spacial score (nSPS) is 19.9. The smallest absolute Gasteiger partial charge is 0.229 e. The van der Waals surface area contributed by atoms with Crippen LogP contribution in [0.15, 0.2) is 61.4 Å². The van der Waals surface area contributed by atoms with E-state index in [1.165, 1.54) is 6.07 Å². The quantitative estimate of drug-likeness (QED) is 0.220. The zero-order valence-corrected chi connectivity index (χ0v) is 23.6. The van der Waals surface area contributed by atoms with Gasteiger partial charge in [-0.2, -0.15) is 10.1 Å². The first kappa shape index (κ1) is 27.6. The summed E-state index contributed by atoms with van der Waals surface area (Å²) in [4.78, 5) is 24.1. The Balaban J connectivity index is 1.35. The number of nitrogens with one attached hydrogen (secondary N) is 3. The van der Waals surface area contributed by atoms with Crippen molar-refractivity contribution in [1.82, 2.24) is 25.1 Å². The molecule has 0 unspecified atom stereocenters. The van der Waals surface area contributed by atoms with Gasteiger partial charge >= 0.3 is 0 Å². The van der Waals surface area contributed by atoms with Crippen LogP contribution in [0.25, 0.3) is 10.9 Å². The molecule has 6 rings (SSSR count). The van der Waals surface area contributed by atoms with Gasteiger partial charge in [0.1, 0.15) is 5.82 Å². The molecule has 1 fully saturated rings. The van der Waals surface area contributed by atoms with Gasteiger partial charge in [0.2, 0.25) is 11.9 Å². The molecule has 10 nitrogen and oxygen atoms in total. The summed E-state index contributed by atoms with van der Waals surface area (Å²) in [7, 11) is 0. The lowest BCUT2D eigenvalue weighted by molar-refractivity contribution is -0.125. The zero-order valence-electron chi connectivity index (χ0n) is 23.6. The summed E-state index contributed by atoms with van der Waals surface area (Å²) in [6.07, 6.45) is 6.60. The third-order valence-corrected chi connectivity index (χ3v) is 8.03. The van der Waals surface area contributed by atoms with Crippen molar-refractivity contribution in [1.29, 1.82) is 0 Å². The van der Waals surface area contributed by atoms with E-state index >= 15 is 4.39 Å². The summed E-state index contributed by atoms with van der Waals surface area (Å²) in [6.45, 7) is 8.03. The van der Waals surface area contributed by atoms with Gasteiger partial charge in [0.05, 0.1) is 53.9 Å². The second-order valence-corrected chi connectivity index (χ2v) is 10.8. The van der Waals surface area contributed by atoms with Crippen LogP contribution in [0.4, 0.5) is 27.5 Å². The Morgan fingerprint density at radius 3 is 2.95 bits per heavy atom. The van der Waals surface area contributed by atoms with Crippen molar-refractivity contribution >= 4 is 40.0 Å². The molecule has 2 aromatic heterocycles. The van der Waals surface area contributed by atoms with Crippen molar-refractivity contribution in [3.05, 3.63) is 78.4 Å². The molecule has 0 saturated carbocycles. The molecule has 42 heavy (non-hydrogen) atoms. The lowest BCUT2D eigenvalue weighted by Crippen LogP contribution is -2.43.